The molecule has 0 aromatic rings. The topological polar surface area (TPSA) is 67.1 Å². The molecule has 3 rings (SSSR count). The number of hydrogen-bond acceptors (Lipinski definition) is 3. The first-order valence-electron chi connectivity index (χ1n) is 7.00. The molecule has 17 heavy (non-hydrogen) atoms. The van der Waals surface area contributed by atoms with E-state index < -0.39 is 0 Å². The van der Waals surface area contributed by atoms with Crippen molar-refractivity contribution in [1.29, 1.82) is 0 Å². The van der Waals surface area contributed by atoms with Gasteiger partial charge < -0.3 is 16.4 Å². The lowest BCUT2D eigenvalue weighted by Gasteiger charge is -2.41. The van der Waals surface area contributed by atoms with Crippen molar-refractivity contribution in [3.8, 4) is 0 Å². The van der Waals surface area contributed by atoms with E-state index >= 15 is 0 Å². The van der Waals surface area contributed by atoms with Crippen molar-refractivity contribution < 1.29 is 4.79 Å². The molecule has 1 aliphatic heterocycles. The highest BCUT2D eigenvalue weighted by molar-refractivity contribution is 5.80. The Morgan fingerprint density at radius 1 is 1.18 bits per heavy atom. The summed E-state index contributed by atoms with van der Waals surface area (Å²) < 4.78 is 0. The summed E-state index contributed by atoms with van der Waals surface area (Å²) in [7, 11) is 0. The monoisotopic (exact) mass is 237 g/mol. The molecular weight excluding hydrogens is 214 g/mol. The third kappa shape index (κ3) is 2.08. The van der Waals surface area contributed by atoms with Crippen LogP contribution in [0.2, 0.25) is 0 Å². The molecule has 3 fully saturated rings. The molecule has 2 unspecified atom stereocenters. The van der Waals surface area contributed by atoms with Crippen LogP contribution in [-0.4, -0.2) is 30.1 Å². The molecule has 2 saturated carbocycles. The molecule has 0 aromatic carbocycles. The van der Waals surface area contributed by atoms with Crippen molar-refractivity contribution >= 4 is 5.91 Å². The predicted octanol–water partition coefficient (Wildman–Crippen LogP) is 0.515. The van der Waals surface area contributed by atoms with Gasteiger partial charge in [0.1, 0.15) is 0 Å². The molecule has 1 amide bonds. The van der Waals surface area contributed by atoms with Crippen LogP contribution in [0.5, 0.6) is 0 Å². The van der Waals surface area contributed by atoms with E-state index in [1.807, 2.05) is 0 Å². The molecule has 2 atom stereocenters. The maximum absolute atomic E-state index is 12.0. The van der Waals surface area contributed by atoms with E-state index in [2.05, 4.69) is 10.6 Å². The van der Waals surface area contributed by atoms with Crippen molar-refractivity contribution in [2.24, 2.45) is 11.7 Å². The minimum absolute atomic E-state index is 0.134. The Bertz CT molecular complexity index is 310. The van der Waals surface area contributed by atoms with E-state index in [9.17, 15) is 4.79 Å². The summed E-state index contributed by atoms with van der Waals surface area (Å²) in [6.07, 6.45) is 7.78. The Labute approximate surface area is 103 Å². The largest absolute Gasteiger partial charge is 0.354 e. The molecular formula is C13H23N3O. The lowest BCUT2D eigenvalue weighted by Crippen LogP contribution is -2.56. The number of carbonyl (C=O) groups is 1. The minimum atomic E-state index is 0.134. The van der Waals surface area contributed by atoms with Crippen LogP contribution in [0.15, 0.2) is 0 Å². The highest BCUT2D eigenvalue weighted by Gasteiger charge is 2.44. The fourth-order valence-electron chi connectivity index (χ4n) is 3.79. The Hall–Kier alpha value is -0.610. The van der Waals surface area contributed by atoms with Crippen LogP contribution in [0.1, 0.15) is 44.9 Å². The summed E-state index contributed by atoms with van der Waals surface area (Å²) >= 11 is 0. The average molecular weight is 237 g/mol. The summed E-state index contributed by atoms with van der Waals surface area (Å²) in [4.78, 5) is 12.0. The van der Waals surface area contributed by atoms with Crippen LogP contribution in [0.25, 0.3) is 0 Å². The molecule has 4 nitrogen and oxygen atoms in total. The van der Waals surface area contributed by atoms with E-state index in [-0.39, 0.29) is 17.4 Å². The van der Waals surface area contributed by atoms with Gasteiger partial charge in [-0.1, -0.05) is 6.42 Å². The lowest BCUT2D eigenvalue weighted by molar-refractivity contribution is -0.124. The third-order valence-corrected chi connectivity index (χ3v) is 4.93. The van der Waals surface area contributed by atoms with Gasteiger partial charge >= 0.3 is 0 Å². The maximum atomic E-state index is 12.0. The molecule has 1 spiro atoms. The van der Waals surface area contributed by atoms with Crippen LogP contribution in [0.4, 0.5) is 0 Å². The first-order chi connectivity index (χ1) is 8.19. The zero-order valence-corrected chi connectivity index (χ0v) is 10.4. The predicted molar refractivity (Wildman–Crippen MR) is 66.4 cm³/mol. The van der Waals surface area contributed by atoms with Gasteiger partial charge in [0.2, 0.25) is 5.91 Å². The number of amides is 1. The fraction of sp³-hybridized carbons (Fsp3) is 0.923. The Balaban J connectivity index is 1.76. The summed E-state index contributed by atoms with van der Waals surface area (Å²) in [5.74, 6) is 0.483. The van der Waals surface area contributed by atoms with Crippen molar-refractivity contribution in [1.82, 2.24) is 10.6 Å². The Kier molecular flexibility index (Phi) is 2.87. The van der Waals surface area contributed by atoms with E-state index in [0.29, 0.717) is 12.1 Å². The van der Waals surface area contributed by atoms with Gasteiger partial charge in [-0.15, -0.1) is 0 Å². The van der Waals surface area contributed by atoms with Gasteiger partial charge in [-0.2, -0.15) is 0 Å². The third-order valence-electron chi connectivity index (χ3n) is 4.93. The Morgan fingerprint density at radius 3 is 2.71 bits per heavy atom. The van der Waals surface area contributed by atoms with Gasteiger partial charge in [-0.25, -0.2) is 0 Å². The zero-order chi connectivity index (χ0) is 11.9. The molecule has 0 aromatic heterocycles. The summed E-state index contributed by atoms with van der Waals surface area (Å²) in [5.41, 5.74) is 6.12. The van der Waals surface area contributed by atoms with E-state index in [1.54, 1.807) is 0 Å². The molecule has 1 saturated heterocycles. The van der Waals surface area contributed by atoms with E-state index in [0.717, 1.165) is 45.1 Å². The normalized spacial score (nSPS) is 46.4. The quantitative estimate of drug-likeness (QED) is 0.575. The zero-order valence-electron chi connectivity index (χ0n) is 10.4. The SMILES string of the molecule is NC1CCC2(CC1)CNC(=O)C1CCCC1N2. The van der Waals surface area contributed by atoms with Crippen molar-refractivity contribution in [2.45, 2.75) is 62.6 Å². The van der Waals surface area contributed by atoms with Gasteiger partial charge in [0.05, 0.1) is 5.92 Å². The Morgan fingerprint density at radius 2 is 1.94 bits per heavy atom. The van der Waals surface area contributed by atoms with Crippen LogP contribution in [0, 0.1) is 5.92 Å². The summed E-state index contributed by atoms with van der Waals surface area (Å²) in [6.45, 7) is 0.797. The average Bonchev–Trinajstić information content (AvgIpc) is 2.73. The highest BCUT2D eigenvalue weighted by Crippen LogP contribution is 2.34. The van der Waals surface area contributed by atoms with E-state index in [1.165, 1.54) is 6.42 Å². The van der Waals surface area contributed by atoms with Gasteiger partial charge in [0, 0.05) is 24.2 Å². The van der Waals surface area contributed by atoms with Crippen LogP contribution >= 0.6 is 0 Å². The number of rotatable bonds is 0. The number of nitrogens with one attached hydrogen (secondary N) is 2. The highest BCUT2D eigenvalue weighted by atomic mass is 16.2. The second kappa shape index (κ2) is 4.25. The molecule has 2 aliphatic carbocycles. The van der Waals surface area contributed by atoms with Crippen molar-refractivity contribution in [3.05, 3.63) is 0 Å². The van der Waals surface area contributed by atoms with Gasteiger partial charge in [0.15, 0.2) is 0 Å². The first-order valence-corrected chi connectivity index (χ1v) is 7.00. The van der Waals surface area contributed by atoms with Gasteiger partial charge in [-0.05, 0) is 38.5 Å². The van der Waals surface area contributed by atoms with Crippen molar-refractivity contribution in [3.63, 3.8) is 0 Å². The van der Waals surface area contributed by atoms with Gasteiger partial charge in [0.25, 0.3) is 0 Å². The van der Waals surface area contributed by atoms with Crippen LogP contribution in [0.3, 0.4) is 0 Å². The standard InChI is InChI=1S/C13H23N3O/c14-9-4-6-13(7-5-9)8-15-12(17)10-2-1-3-11(10)16-13/h9-11,16H,1-8,14H2,(H,15,17). The number of nitrogens with two attached hydrogens (primary N) is 1. The van der Waals surface area contributed by atoms with Crippen LogP contribution < -0.4 is 16.4 Å². The molecule has 96 valence electrons. The second-order valence-electron chi connectivity index (χ2n) is 6.12. The van der Waals surface area contributed by atoms with Crippen LogP contribution in [-0.2, 0) is 4.79 Å². The van der Waals surface area contributed by atoms with Gasteiger partial charge in [-0.3, -0.25) is 4.79 Å². The molecule has 4 heteroatoms. The molecule has 4 N–H and O–H groups in total. The molecule has 0 radical (unpaired) electrons. The summed E-state index contributed by atoms with van der Waals surface area (Å²) in [5, 5.41) is 6.95. The summed E-state index contributed by atoms with van der Waals surface area (Å²) in [6, 6.07) is 0.771. The smallest absolute Gasteiger partial charge is 0.224 e. The lowest BCUT2D eigenvalue weighted by atomic mass is 9.79. The minimum Gasteiger partial charge on any atom is -0.354 e. The fourth-order valence-corrected chi connectivity index (χ4v) is 3.79. The van der Waals surface area contributed by atoms with E-state index in [4.69, 9.17) is 5.73 Å². The number of hydrogen-bond donors (Lipinski definition) is 3. The first kappa shape index (κ1) is 11.5. The maximum Gasteiger partial charge on any atom is 0.224 e. The number of fused-ring (bicyclic) bond motifs is 1. The van der Waals surface area contributed by atoms with Crippen molar-refractivity contribution in [2.75, 3.05) is 6.54 Å². The molecule has 0 bridgehead atoms. The number of carbonyl (C=O) groups excluding carboxylic acids is 1. The second-order valence-corrected chi connectivity index (χ2v) is 6.12. The molecule has 3 aliphatic rings. The molecule has 1 heterocycles.